The molecule has 3 rings (SSSR count). The second-order valence-corrected chi connectivity index (χ2v) is 5.93. The number of hydrogen-bond donors (Lipinski definition) is 1. The Hall–Kier alpha value is -2.64. The highest BCUT2D eigenvalue weighted by Gasteiger charge is 2.01. The molecule has 0 amide bonds. The van der Waals surface area contributed by atoms with Crippen LogP contribution in [0.5, 0.6) is 0 Å². The Balaban J connectivity index is 1.54. The lowest BCUT2D eigenvalue weighted by molar-refractivity contribution is 0.618. The molecule has 0 heterocycles. The molecular formula is C23H23N. The zero-order valence-electron chi connectivity index (χ0n) is 14.0. The fraction of sp³-hybridized carbons (Fsp3) is 0.130. The van der Waals surface area contributed by atoms with Crippen LogP contribution in [0.1, 0.15) is 24.1 Å². The van der Waals surface area contributed by atoms with E-state index in [-0.39, 0.29) is 0 Å². The summed E-state index contributed by atoms with van der Waals surface area (Å²) >= 11 is 0. The smallest absolute Gasteiger partial charge is 0.0294 e. The fourth-order valence-electron chi connectivity index (χ4n) is 2.72. The van der Waals surface area contributed by atoms with Crippen LogP contribution in [0.3, 0.4) is 0 Å². The van der Waals surface area contributed by atoms with E-state index in [1.165, 1.54) is 22.3 Å². The van der Waals surface area contributed by atoms with Crippen molar-refractivity contribution >= 4 is 6.08 Å². The monoisotopic (exact) mass is 313 g/mol. The van der Waals surface area contributed by atoms with Gasteiger partial charge in [0, 0.05) is 12.6 Å². The van der Waals surface area contributed by atoms with Gasteiger partial charge in [0.15, 0.2) is 0 Å². The van der Waals surface area contributed by atoms with Crippen molar-refractivity contribution in [3.8, 4) is 11.1 Å². The molecule has 1 nitrogen and oxygen atoms in total. The number of rotatable bonds is 6. The van der Waals surface area contributed by atoms with E-state index in [4.69, 9.17) is 0 Å². The molecule has 0 saturated heterocycles. The standard InChI is InChI=1S/C23H23N/c1-19(21-10-4-2-5-11-21)24-18-8-9-20-14-16-23(17-15-20)22-12-6-3-7-13-22/h2-17,19,24H,18H2,1H3/b9-8+/t19-/m1/s1. The van der Waals surface area contributed by atoms with Crippen LogP contribution in [-0.2, 0) is 0 Å². The molecule has 0 aliphatic rings. The Morgan fingerprint density at radius 1 is 0.750 bits per heavy atom. The first-order valence-electron chi connectivity index (χ1n) is 8.43. The normalized spacial score (nSPS) is 12.4. The maximum atomic E-state index is 3.52. The Morgan fingerprint density at radius 3 is 2.00 bits per heavy atom. The Labute approximate surface area is 144 Å². The number of nitrogens with one attached hydrogen (secondary N) is 1. The molecule has 0 bridgehead atoms. The summed E-state index contributed by atoms with van der Waals surface area (Å²) < 4.78 is 0. The molecule has 0 radical (unpaired) electrons. The van der Waals surface area contributed by atoms with E-state index in [1.54, 1.807) is 0 Å². The van der Waals surface area contributed by atoms with Gasteiger partial charge in [0.2, 0.25) is 0 Å². The predicted molar refractivity (Wildman–Crippen MR) is 104 cm³/mol. The van der Waals surface area contributed by atoms with Crippen LogP contribution >= 0.6 is 0 Å². The maximum absolute atomic E-state index is 3.52. The summed E-state index contributed by atoms with van der Waals surface area (Å²) in [6.07, 6.45) is 4.34. The zero-order chi connectivity index (χ0) is 16.6. The first-order chi connectivity index (χ1) is 11.8. The molecule has 120 valence electrons. The third-order valence-corrected chi connectivity index (χ3v) is 4.17. The topological polar surface area (TPSA) is 12.0 Å². The molecule has 3 aromatic rings. The molecule has 0 unspecified atom stereocenters. The maximum Gasteiger partial charge on any atom is 0.0294 e. The minimum absolute atomic E-state index is 0.358. The minimum atomic E-state index is 0.358. The summed E-state index contributed by atoms with van der Waals surface area (Å²) in [6.45, 7) is 3.05. The van der Waals surface area contributed by atoms with Crippen molar-refractivity contribution in [1.82, 2.24) is 5.32 Å². The molecule has 0 aliphatic heterocycles. The van der Waals surface area contributed by atoms with Crippen molar-refractivity contribution in [3.05, 3.63) is 102 Å². The van der Waals surface area contributed by atoms with Crippen LogP contribution in [0.4, 0.5) is 0 Å². The molecule has 1 N–H and O–H groups in total. The van der Waals surface area contributed by atoms with Crippen LogP contribution in [0.15, 0.2) is 91.0 Å². The predicted octanol–water partition coefficient (Wildman–Crippen LogP) is 5.72. The van der Waals surface area contributed by atoms with Gasteiger partial charge in [0.1, 0.15) is 0 Å². The molecule has 0 fully saturated rings. The summed E-state index contributed by atoms with van der Waals surface area (Å²) in [5, 5.41) is 3.52. The van der Waals surface area contributed by atoms with E-state index in [2.05, 4.69) is 103 Å². The van der Waals surface area contributed by atoms with Gasteiger partial charge in [-0.05, 0) is 29.2 Å². The van der Waals surface area contributed by atoms with Crippen LogP contribution < -0.4 is 5.32 Å². The SMILES string of the molecule is C[C@@H](NC/C=C/c1ccc(-c2ccccc2)cc1)c1ccccc1. The third kappa shape index (κ3) is 4.43. The minimum Gasteiger partial charge on any atom is -0.307 e. The Bertz CT molecular complexity index is 758. The van der Waals surface area contributed by atoms with Crippen molar-refractivity contribution in [2.24, 2.45) is 0 Å². The molecule has 1 heteroatoms. The molecule has 0 saturated carbocycles. The van der Waals surface area contributed by atoms with Crippen LogP contribution in [0.2, 0.25) is 0 Å². The molecule has 3 aromatic carbocycles. The summed E-state index contributed by atoms with van der Waals surface area (Å²) in [5.74, 6) is 0. The molecule has 0 aliphatic carbocycles. The van der Waals surface area contributed by atoms with Gasteiger partial charge in [0.05, 0.1) is 0 Å². The highest BCUT2D eigenvalue weighted by atomic mass is 14.9. The van der Waals surface area contributed by atoms with Crippen molar-refractivity contribution < 1.29 is 0 Å². The van der Waals surface area contributed by atoms with Gasteiger partial charge in [-0.2, -0.15) is 0 Å². The van der Waals surface area contributed by atoms with E-state index < -0.39 is 0 Å². The summed E-state index contributed by atoms with van der Waals surface area (Å²) in [4.78, 5) is 0. The van der Waals surface area contributed by atoms with E-state index in [0.29, 0.717) is 6.04 Å². The van der Waals surface area contributed by atoms with Crippen LogP contribution in [-0.4, -0.2) is 6.54 Å². The van der Waals surface area contributed by atoms with Crippen molar-refractivity contribution in [2.75, 3.05) is 6.54 Å². The van der Waals surface area contributed by atoms with Gasteiger partial charge < -0.3 is 5.32 Å². The van der Waals surface area contributed by atoms with Crippen molar-refractivity contribution in [2.45, 2.75) is 13.0 Å². The summed E-state index contributed by atoms with van der Waals surface area (Å²) in [5.41, 5.74) is 5.05. The van der Waals surface area contributed by atoms with E-state index in [9.17, 15) is 0 Å². The molecule has 24 heavy (non-hydrogen) atoms. The molecule has 1 atom stereocenters. The number of benzene rings is 3. The molecular weight excluding hydrogens is 290 g/mol. The van der Waals surface area contributed by atoms with Gasteiger partial charge in [-0.3, -0.25) is 0 Å². The van der Waals surface area contributed by atoms with E-state index in [1.807, 2.05) is 6.07 Å². The zero-order valence-corrected chi connectivity index (χ0v) is 14.0. The lowest BCUT2D eigenvalue weighted by atomic mass is 10.0. The van der Waals surface area contributed by atoms with Gasteiger partial charge in [-0.1, -0.05) is 97.1 Å². The lowest BCUT2D eigenvalue weighted by Crippen LogP contribution is -2.18. The Morgan fingerprint density at radius 2 is 1.33 bits per heavy atom. The second-order valence-electron chi connectivity index (χ2n) is 5.93. The Kier molecular flexibility index (Phi) is 5.60. The fourth-order valence-corrected chi connectivity index (χ4v) is 2.72. The second kappa shape index (κ2) is 8.28. The van der Waals surface area contributed by atoms with Crippen LogP contribution in [0.25, 0.3) is 17.2 Å². The van der Waals surface area contributed by atoms with Crippen molar-refractivity contribution in [3.63, 3.8) is 0 Å². The third-order valence-electron chi connectivity index (χ3n) is 4.17. The first kappa shape index (κ1) is 16.2. The molecule has 0 spiro atoms. The van der Waals surface area contributed by atoms with E-state index >= 15 is 0 Å². The van der Waals surface area contributed by atoms with Gasteiger partial charge in [-0.15, -0.1) is 0 Å². The van der Waals surface area contributed by atoms with Gasteiger partial charge in [-0.25, -0.2) is 0 Å². The van der Waals surface area contributed by atoms with Crippen molar-refractivity contribution in [1.29, 1.82) is 0 Å². The molecule has 0 aromatic heterocycles. The quantitative estimate of drug-likeness (QED) is 0.614. The number of hydrogen-bond acceptors (Lipinski definition) is 1. The average molecular weight is 313 g/mol. The highest BCUT2D eigenvalue weighted by Crippen LogP contribution is 2.19. The van der Waals surface area contributed by atoms with Crippen LogP contribution in [0, 0.1) is 0 Å². The highest BCUT2D eigenvalue weighted by molar-refractivity contribution is 5.65. The largest absolute Gasteiger partial charge is 0.307 e. The summed E-state index contributed by atoms with van der Waals surface area (Å²) in [6, 6.07) is 30.0. The van der Waals surface area contributed by atoms with Gasteiger partial charge >= 0.3 is 0 Å². The van der Waals surface area contributed by atoms with Gasteiger partial charge in [0.25, 0.3) is 0 Å². The summed E-state index contributed by atoms with van der Waals surface area (Å²) in [7, 11) is 0. The lowest BCUT2D eigenvalue weighted by Gasteiger charge is -2.12. The van der Waals surface area contributed by atoms with E-state index in [0.717, 1.165) is 6.54 Å². The first-order valence-corrected chi connectivity index (χ1v) is 8.43. The average Bonchev–Trinajstić information content (AvgIpc) is 2.67.